The lowest BCUT2D eigenvalue weighted by atomic mass is 9.82. The molecule has 0 bridgehead atoms. The molecule has 27 heavy (non-hydrogen) atoms. The number of hydrogen-bond donors (Lipinski definition) is 1. The topological polar surface area (TPSA) is 93.4 Å². The maximum Gasteiger partial charge on any atom is 0.315 e. The van der Waals surface area contributed by atoms with E-state index in [2.05, 4.69) is 26.6 Å². The highest BCUT2D eigenvalue weighted by atomic mass is 16.5. The number of carbonyl (C=O) groups is 1. The summed E-state index contributed by atoms with van der Waals surface area (Å²) in [6.45, 7) is 3.13. The molecule has 3 atom stereocenters. The van der Waals surface area contributed by atoms with Gasteiger partial charge in [-0.05, 0) is 30.9 Å². The Bertz CT molecular complexity index is 808. The van der Waals surface area contributed by atoms with Gasteiger partial charge in [0.1, 0.15) is 0 Å². The van der Waals surface area contributed by atoms with E-state index in [0.717, 1.165) is 37.1 Å². The number of ether oxygens (including phenoxy) is 1. The number of aryl methyl sites for hydroxylation is 1. The van der Waals surface area contributed by atoms with Gasteiger partial charge in [0.2, 0.25) is 11.8 Å². The van der Waals surface area contributed by atoms with E-state index in [0.29, 0.717) is 24.9 Å². The fourth-order valence-corrected chi connectivity index (χ4v) is 4.13. The molecule has 0 saturated heterocycles. The minimum atomic E-state index is -0.0314. The van der Waals surface area contributed by atoms with Crippen molar-refractivity contribution < 1.29 is 13.9 Å². The first-order valence-corrected chi connectivity index (χ1v) is 9.45. The molecule has 8 heteroatoms. The molecular formula is C19H25N5O3. The van der Waals surface area contributed by atoms with E-state index in [9.17, 15) is 4.79 Å². The molecule has 0 spiro atoms. The fraction of sp³-hybridized carbons (Fsp3) is 0.579. The maximum absolute atomic E-state index is 13.1. The summed E-state index contributed by atoms with van der Waals surface area (Å²) < 4.78 is 11.1. The van der Waals surface area contributed by atoms with Crippen molar-refractivity contribution in [1.82, 2.24) is 20.1 Å². The molecule has 1 N–H and O–H groups in total. The Morgan fingerprint density at radius 3 is 3.04 bits per heavy atom. The monoisotopic (exact) mass is 371 g/mol. The predicted molar refractivity (Wildman–Crippen MR) is 97.9 cm³/mol. The van der Waals surface area contributed by atoms with E-state index in [4.69, 9.17) is 9.15 Å². The van der Waals surface area contributed by atoms with Crippen LogP contribution in [0.5, 0.6) is 0 Å². The molecule has 8 nitrogen and oxygen atoms in total. The maximum atomic E-state index is 13.1. The Hall–Kier alpha value is -2.48. The third-order valence-electron chi connectivity index (χ3n) is 5.55. The number of amides is 1. The Labute approximate surface area is 158 Å². The van der Waals surface area contributed by atoms with Gasteiger partial charge in [-0.1, -0.05) is 11.2 Å². The number of anilines is 1. The lowest BCUT2D eigenvalue weighted by Crippen LogP contribution is -2.47. The first-order valence-electron chi connectivity index (χ1n) is 9.45. The molecule has 3 heterocycles. The average Bonchev–Trinajstić information content (AvgIpc) is 3.11. The zero-order valence-electron chi connectivity index (χ0n) is 15.7. The minimum absolute atomic E-state index is 0.0209. The van der Waals surface area contributed by atoms with Gasteiger partial charge >= 0.3 is 6.01 Å². The number of fused-ring (bicyclic) bond motifs is 1. The minimum Gasteiger partial charge on any atom is -0.408 e. The highest BCUT2D eigenvalue weighted by Crippen LogP contribution is 2.31. The van der Waals surface area contributed by atoms with Gasteiger partial charge in [0, 0.05) is 51.4 Å². The van der Waals surface area contributed by atoms with Gasteiger partial charge in [0.15, 0.2) is 0 Å². The van der Waals surface area contributed by atoms with Crippen molar-refractivity contribution in [3.8, 4) is 0 Å². The average molecular weight is 371 g/mol. The van der Waals surface area contributed by atoms with Gasteiger partial charge in [-0.2, -0.15) is 0 Å². The van der Waals surface area contributed by atoms with E-state index in [1.165, 1.54) is 0 Å². The van der Waals surface area contributed by atoms with Gasteiger partial charge in [-0.3, -0.25) is 9.78 Å². The Balaban J connectivity index is 1.43. The van der Waals surface area contributed by atoms with E-state index in [-0.39, 0.29) is 24.0 Å². The van der Waals surface area contributed by atoms with E-state index >= 15 is 0 Å². The molecule has 1 aliphatic carbocycles. The number of rotatable bonds is 4. The molecular weight excluding hydrogens is 346 g/mol. The van der Waals surface area contributed by atoms with Crippen molar-refractivity contribution in [1.29, 1.82) is 0 Å². The smallest absolute Gasteiger partial charge is 0.315 e. The summed E-state index contributed by atoms with van der Waals surface area (Å²) in [5.74, 6) is 0.694. The molecule has 1 amide bonds. The molecule has 1 fully saturated rings. The Morgan fingerprint density at radius 2 is 2.26 bits per heavy atom. The fourth-order valence-electron chi connectivity index (χ4n) is 4.13. The third kappa shape index (κ3) is 3.80. The number of carbonyl (C=O) groups excluding carboxylic acids is 1. The number of pyridine rings is 1. The summed E-state index contributed by atoms with van der Waals surface area (Å²) in [7, 11) is 1.70. The Morgan fingerprint density at radius 1 is 1.37 bits per heavy atom. The highest BCUT2D eigenvalue weighted by Gasteiger charge is 2.37. The first-order chi connectivity index (χ1) is 13.1. The van der Waals surface area contributed by atoms with Gasteiger partial charge in [-0.15, -0.1) is 5.10 Å². The van der Waals surface area contributed by atoms with Gasteiger partial charge in [-0.25, -0.2) is 0 Å². The Kier molecular flexibility index (Phi) is 5.07. The van der Waals surface area contributed by atoms with Crippen LogP contribution < -0.4 is 5.32 Å². The predicted octanol–water partition coefficient (Wildman–Crippen LogP) is 1.95. The number of nitrogens with one attached hydrogen (secondary N) is 1. The van der Waals surface area contributed by atoms with Gasteiger partial charge < -0.3 is 19.4 Å². The van der Waals surface area contributed by atoms with Crippen LogP contribution in [0.1, 0.15) is 36.4 Å². The van der Waals surface area contributed by atoms with Crippen molar-refractivity contribution in [2.45, 2.75) is 51.3 Å². The highest BCUT2D eigenvalue weighted by molar-refractivity contribution is 5.79. The molecule has 0 aromatic carbocycles. The van der Waals surface area contributed by atoms with Crippen LogP contribution in [0.2, 0.25) is 0 Å². The van der Waals surface area contributed by atoms with Crippen LogP contribution in [0.3, 0.4) is 0 Å². The number of nitrogens with zero attached hydrogens (tertiary/aromatic N) is 4. The summed E-state index contributed by atoms with van der Waals surface area (Å²) in [5, 5.41) is 11.1. The van der Waals surface area contributed by atoms with Crippen LogP contribution in [0.4, 0.5) is 6.01 Å². The van der Waals surface area contributed by atoms with Crippen LogP contribution in [-0.2, 0) is 22.5 Å². The quantitative estimate of drug-likeness (QED) is 0.878. The molecule has 4 rings (SSSR count). The van der Waals surface area contributed by atoms with Gasteiger partial charge in [0.25, 0.3) is 0 Å². The third-order valence-corrected chi connectivity index (χ3v) is 5.55. The van der Waals surface area contributed by atoms with Crippen LogP contribution >= 0.6 is 0 Å². The largest absolute Gasteiger partial charge is 0.408 e. The van der Waals surface area contributed by atoms with Crippen molar-refractivity contribution >= 4 is 11.9 Å². The van der Waals surface area contributed by atoms with E-state index in [1.54, 1.807) is 14.0 Å². The van der Waals surface area contributed by atoms with E-state index < -0.39 is 0 Å². The van der Waals surface area contributed by atoms with Gasteiger partial charge in [0.05, 0.1) is 12.1 Å². The van der Waals surface area contributed by atoms with E-state index in [1.807, 2.05) is 17.2 Å². The van der Waals surface area contributed by atoms with Crippen molar-refractivity contribution in [3.05, 3.63) is 35.5 Å². The summed E-state index contributed by atoms with van der Waals surface area (Å²) in [6.07, 6.45) is 5.00. The van der Waals surface area contributed by atoms with Crippen molar-refractivity contribution in [2.75, 3.05) is 19.0 Å². The summed E-state index contributed by atoms with van der Waals surface area (Å²) in [4.78, 5) is 19.5. The number of hydrogen-bond acceptors (Lipinski definition) is 7. The molecule has 2 aromatic rings. The lowest BCUT2D eigenvalue weighted by Gasteiger charge is -2.38. The standard InChI is InChI=1S/C19H25N5O3/c1-12-22-23-19(27-12)21-16-10-13(5-6-17(16)26-2)18(25)24-9-7-15-14(11-24)4-3-8-20-15/h3-4,8,13,16-17H,5-7,9-11H2,1-2H3,(H,21,23)/t13-,16+,17+/m0/s1. The summed E-state index contributed by atoms with van der Waals surface area (Å²) in [5.41, 5.74) is 2.26. The molecule has 0 radical (unpaired) electrons. The number of methoxy groups -OCH3 is 1. The van der Waals surface area contributed by atoms with Crippen LogP contribution in [0.15, 0.2) is 22.7 Å². The zero-order chi connectivity index (χ0) is 18.8. The van der Waals surface area contributed by atoms with Crippen molar-refractivity contribution in [3.63, 3.8) is 0 Å². The molecule has 2 aliphatic rings. The molecule has 0 unspecified atom stereocenters. The SMILES string of the molecule is CO[C@@H]1CC[C@H](C(=O)N2CCc3ncccc3C2)C[C@H]1Nc1nnc(C)o1. The normalized spacial score (nSPS) is 25.1. The van der Waals surface area contributed by atoms with Crippen LogP contribution in [-0.4, -0.2) is 51.8 Å². The second-order valence-corrected chi connectivity index (χ2v) is 7.28. The zero-order valence-corrected chi connectivity index (χ0v) is 15.7. The molecule has 144 valence electrons. The molecule has 1 aliphatic heterocycles. The van der Waals surface area contributed by atoms with Crippen LogP contribution in [0.25, 0.3) is 0 Å². The first kappa shape index (κ1) is 17.9. The second kappa shape index (κ2) is 7.64. The summed E-state index contributed by atoms with van der Waals surface area (Å²) in [6, 6.07) is 4.34. The number of aromatic nitrogens is 3. The summed E-state index contributed by atoms with van der Waals surface area (Å²) >= 11 is 0. The molecule has 2 aromatic heterocycles. The van der Waals surface area contributed by atoms with Crippen LogP contribution in [0, 0.1) is 12.8 Å². The lowest BCUT2D eigenvalue weighted by molar-refractivity contribution is -0.138. The second-order valence-electron chi connectivity index (χ2n) is 7.28. The van der Waals surface area contributed by atoms with Crippen molar-refractivity contribution in [2.24, 2.45) is 5.92 Å². The molecule has 1 saturated carbocycles.